The van der Waals surface area contributed by atoms with Crippen molar-refractivity contribution in [3.8, 4) is 0 Å². The van der Waals surface area contributed by atoms with Gasteiger partial charge in [-0.1, -0.05) is 24.3 Å². The number of fused-ring (bicyclic) bond motifs is 1. The summed E-state index contributed by atoms with van der Waals surface area (Å²) in [6.07, 6.45) is 2.02. The van der Waals surface area contributed by atoms with Crippen molar-refractivity contribution >= 4 is 38.9 Å². The van der Waals surface area contributed by atoms with Crippen LogP contribution in [0.2, 0.25) is 0 Å². The van der Waals surface area contributed by atoms with Gasteiger partial charge in [0.05, 0.1) is 11.4 Å². The van der Waals surface area contributed by atoms with Crippen LogP contribution in [0.4, 0.5) is 11.4 Å². The van der Waals surface area contributed by atoms with Gasteiger partial charge < -0.3 is 4.98 Å². The maximum atomic E-state index is 12.4. The molecule has 1 heterocycles. The van der Waals surface area contributed by atoms with E-state index in [0.717, 1.165) is 10.9 Å². The minimum absolute atomic E-state index is 0.258. The fourth-order valence-electron chi connectivity index (χ4n) is 2.13. The van der Waals surface area contributed by atoms with Crippen LogP contribution < -0.4 is 9.03 Å². The summed E-state index contributed by atoms with van der Waals surface area (Å²) in [6.45, 7) is 0. The van der Waals surface area contributed by atoms with E-state index in [4.69, 9.17) is 0 Å². The van der Waals surface area contributed by atoms with Crippen LogP contribution in [0.5, 0.6) is 0 Å². The lowest BCUT2D eigenvalue weighted by atomic mass is 10.2. The molecule has 0 bridgehead atoms. The van der Waals surface area contributed by atoms with Crippen molar-refractivity contribution in [2.45, 2.75) is 0 Å². The van der Waals surface area contributed by atoms with Crippen LogP contribution in [-0.4, -0.2) is 19.8 Å². The number of nitrogens with zero attached hydrogens (tertiary/aromatic N) is 1. The number of aromatic nitrogens is 1. The molecular weight excluding hydrogens is 302 g/mol. The lowest BCUT2D eigenvalue weighted by molar-refractivity contribution is -0.106. The zero-order chi connectivity index (χ0) is 15.6. The Morgan fingerprint density at radius 2 is 1.82 bits per heavy atom. The van der Waals surface area contributed by atoms with Crippen molar-refractivity contribution in [1.29, 1.82) is 0 Å². The molecule has 1 aromatic heterocycles. The van der Waals surface area contributed by atoms with E-state index >= 15 is 0 Å². The molecule has 0 aliphatic carbocycles. The Bertz CT molecular complexity index is 904. The highest BCUT2D eigenvalue weighted by Gasteiger charge is 2.22. The van der Waals surface area contributed by atoms with Gasteiger partial charge in [-0.15, -0.1) is 0 Å². The van der Waals surface area contributed by atoms with E-state index < -0.39 is 10.2 Å². The molecule has 0 saturated heterocycles. The Morgan fingerprint density at radius 3 is 2.55 bits per heavy atom. The number of para-hydroxylation sites is 1. The SMILES string of the molecule is O=CN(c1ccc2cc[nH]c2c1)S(=O)(=O)Nc1ccccc1. The van der Waals surface area contributed by atoms with E-state index in [-0.39, 0.29) is 12.1 Å². The maximum Gasteiger partial charge on any atom is 0.330 e. The quantitative estimate of drug-likeness (QED) is 0.710. The highest BCUT2D eigenvalue weighted by molar-refractivity contribution is 7.94. The van der Waals surface area contributed by atoms with Gasteiger partial charge in [0.25, 0.3) is 0 Å². The first kappa shape index (κ1) is 14.2. The van der Waals surface area contributed by atoms with Crippen molar-refractivity contribution in [1.82, 2.24) is 4.98 Å². The lowest BCUT2D eigenvalue weighted by Crippen LogP contribution is -2.34. The van der Waals surface area contributed by atoms with Crippen LogP contribution in [0, 0.1) is 0 Å². The van der Waals surface area contributed by atoms with Crippen molar-refractivity contribution in [2.75, 3.05) is 9.03 Å². The third-order valence-corrected chi connectivity index (χ3v) is 4.48. The first-order chi connectivity index (χ1) is 10.6. The molecule has 22 heavy (non-hydrogen) atoms. The monoisotopic (exact) mass is 315 g/mol. The zero-order valence-corrected chi connectivity index (χ0v) is 12.2. The molecule has 0 atom stereocenters. The van der Waals surface area contributed by atoms with Gasteiger partial charge in [-0.2, -0.15) is 12.7 Å². The summed E-state index contributed by atoms with van der Waals surface area (Å²) >= 11 is 0. The molecule has 0 saturated carbocycles. The molecule has 3 rings (SSSR count). The van der Waals surface area contributed by atoms with Gasteiger partial charge in [0.2, 0.25) is 6.41 Å². The number of carbonyl (C=O) groups is 1. The van der Waals surface area contributed by atoms with E-state index in [9.17, 15) is 13.2 Å². The zero-order valence-electron chi connectivity index (χ0n) is 11.4. The first-order valence-electron chi connectivity index (χ1n) is 6.50. The van der Waals surface area contributed by atoms with E-state index in [1.165, 1.54) is 0 Å². The molecule has 0 fully saturated rings. The average Bonchev–Trinajstić information content (AvgIpc) is 2.96. The van der Waals surface area contributed by atoms with Crippen LogP contribution in [0.1, 0.15) is 0 Å². The number of anilines is 2. The topological polar surface area (TPSA) is 82.3 Å². The first-order valence-corrected chi connectivity index (χ1v) is 7.94. The predicted octanol–water partition coefficient (Wildman–Crippen LogP) is 2.49. The van der Waals surface area contributed by atoms with Gasteiger partial charge >= 0.3 is 10.2 Å². The number of hydrogen-bond donors (Lipinski definition) is 2. The average molecular weight is 315 g/mol. The second kappa shape index (κ2) is 5.53. The normalized spacial score (nSPS) is 11.3. The Balaban J connectivity index is 1.97. The molecule has 0 radical (unpaired) electrons. The fourth-order valence-corrected chi connectivity index (χ4v) is 3.17. The van der Waals surface area contributed by atoms with Crippen molar-refractivity contribution in [3.63, 3.8) is 0 Å². The summed E-state index contributed by atoms with van der Waals surface area (Å²) in [5, 5.41) is 0.933. The van der Waals surface area contributed by atoms with Gasteiger partial charge in [0, 0.05) is 11.7 Å². The van der Waals surface area contributed by atoms with Crippen molar-refractivity contribution in [3.05, 3.63) is 60.8 Å². The van der Waals surface area contributed by atoms with Gasteiger partial charge in [-0.05, 0) is 35.7 Å². The van der Waals surface area contributed by atoms with E-state index in [1.807, 2.05) is 6.07 Å². The highest BCUT2D eigenvalue weighted by atomic mass is 32.2. The van der Waals surface area contributed by atoms with Gasteiger partial charge in [0.15, 0.2) is 0 Å². The van der Waals surface area contributed by atoms with Crippen molar-refractivity contribution in [2.24, 2.45) is 0 Å². The second-order valence-corrected chi connectivity index (χ2v) is 6.17. The number of benzene rings is 2. The molecule has 0 aliphatic rings. The van der Waals surface area contributed by atoms with Gasteiger partial charge in [-0.3, -0.25) is 9.52 Å². The summed E-state index contributed by atoms with van der Waals surface area (Å²) in [5.41, 5.74) is 1.39. The molecule has 112 valence electrons. The Labute approximate surface area is 127 Å². The molecule has 0 unspecified atom stereocenters. The number of H-pyrrole nitrogens is 1. The summed E-state index contributed by atoms with van der Waals surface area (Å²) < 4.78 is 27.8. The predicted molar refractivity (Wildman–Crippen MR) is 85.8 cm³/mol. The maximum absolute atomic E-state index is 12.4. The largest absolute Gasteiger partial charge is 0.361 e. The fraction of sp³-hybridized carbons (Fsp3) is 0. The van der Waals surface area contributed by atoms with E-state index in [0.29, 0.717) is 9.99 Å². The second-order valence-electron chi connectivity index (χ2n) is 4.62. The third kappa shape index (κ3) is 2.66. The number of aromatic amines is 1. The summed E-state index contributed by atoms with van der Waals surface area (Å²) in [6, 6.07) is 15.2. The summed E-state index contributed by atoms with van der Waals surface area (Å²) in [4.78, 5) is 14.3. The number of amides is 1. The molecule has 2 N–H and O–H groups in total. The molecule has 6 nitrogen and oxygen atoms in total. The lowest BCUT2D eigenvalue weighted by Gasteiger charge is -2.18. The molecular formula is C15H13N3O3S. The Morgan fingerprint density at radius 1 is 1.05 bits per heavy atom. The molecule has 7 heteroatoms. The van der Waals surface area contributed by atoms with E-state index in [1.54, 1.807) is 54.7 Å². The number of hydrogen-bond acceptors (Lipinski definition) is 3. The minimum atomic E-state index is -4.03. The van der Waals surface area contributed by atoms with Gasteiger partial charge in [0.1, 0.15) is 0 Å². The molecule has 3 aromatic rings. The van der Waals surface area contributed by atoms with Crippen LogP contribution in [0.25, 0.3) is 10.9 Å². The molecule has 1 amide bonds. The number of nitrogens with one attached hydrogen (secondary N) is 2. The highest BCUT2D eigenvalue weighted by Crippen LogP contribution is 2.23. The number of carbonyl (C=O) groups excluding carboxylic acids is 1. The van der Waals surface area contributed by atoms with Gasteiger partial charge in [-0.25, -0.2) is 0 Å². The van der Waals surface area contributed by atoms with Crippen LogP contribution >= 0.6 is 0 Å². The smallest absolute Gasteiger partial charge is 0.330 e. The Hall–Kier alpha value is -2.80. The van der Waals surface area contributed by atoms with E-state index in [2.05, 4.69) is 9.71 Å². The minimum Gasteiger partial charge on any atom is -0.361 e. The molecule has 2 aromatic carbocycles. The van der Waals surface area contributed by atoms with Crippen molar-refractivity contribution < 1.29 is 13.2 Å². The van der Waals surface area contributed by atoms with Crippen LogP contribution in [-0.2, 0) is 15.0 Å². The summed E-state index contributed by atoms with van der Waals surface area (Å²) in [5.74, 6) is 0. The van der Waals surface area contributed by atoms with Crippen LogP contribution in [0.15, 0.2) is 60.8 Å². The standard InChI is InChI=1S/C15H13N3O3S/c19-11-18(14-7-6-12-8-9-16-15(12)10-14)22(20,21)17-13-4-2-1-3-5-13/h1-11,16-17H. The number of rotatable bonds is 5. The van der Waals surface area contributed by atoms with Crippen LogP contribution in [0.3, 0.4) is 0 Å². The summed E-state index contributed by atoms with van der Waals surface area (Å²) in [7, 11) is -4.03. The molecule has 0 spiro atoms. The Kier molecular flexibility index (Phi) is 3.56. The third-order valence-electron chi connectivity index (χ3n) is 3.17. The molecule has 0 aliphatic heterocycles.